The van der Waals surface area contributed by atoms with Gasteiger partial charge in [0.15, 0.2) is 0 Å². The molecule has 4 nitrogen and oxygen atoms in total. The van der Waals surface area contributed by atoms with Crippen LogP contribution in [0.4, 0.5) is 0 Å². The van der Waals surface area contributed by atoms with Gasteiger partial charge in [-0.05, 0) is 49.9 Å². The second-order valence-corrected chi connectivity index (χ2v) is 7.36. The maximum absolute atomic E-state index is 12.4. The Kier molecular flexibility index (Phi) is 2.83. The highest BCUT2D eigenvalue weighted by molar-refractivity contribution is 5.98. The summed E-state index contributed by atoms with van der Waals surface area (Å²) in [5.74, 6) is 2.63. The van der Waals surface area contributed by atoms with Gasteiger partial charge in [-0.25, -0.2) is 0 Å². The maximum Gasteiger partial charge on any atom is 0.246 e. The van der Waals surface area contributed by atoms with Crippen molar-refractivity contribution in [2.45, 2.75) is 56.9 Å². The van der Waals surface area contributed by atoms with Crippen LogP contribution in [0, 0.1) is 17.8 Å². The third-order valence-electron chi connectivity index (χ3n) is 6.37. The van der Waals surface area contributed by atoms with E-state index in [1.54, 1.807) is 0 Å². The molecule has 3 unspecified atom stereocenters. The first-order valence-electron chi connectivity index (χ1n) is 8.28. The summed E-state index contributed by atoms with van der Waals surface area (Å²) in [6.45, 7) is 1.05. The number of rotatable bonds is 2. The second-order valence-electron chi connectivity index (χ2n) is 7.36. The zero-order valence-electron chi connectivity index (χ0n) is 12.1. The molecule has 1 spiro atoms. The Morgan fingerprint density at radius 1 is 1.15 bits per heavy atom. The standard InChI is InChI=1S/C16H24N2O2/c19-14-9-17-15(20)16(5-1-2-6-16)18(14)10-13-8-11-3-4-12(13)7-11/h11-13H,1-10H2,(H,17,20). The van der Waals surface area contributed by atoms with Gasteiger partial charge in [0.2, 0.25) is 11.8 Å². The number of hydrogen-bond donors (Lipinski definition) is 1. The van der Waals surface area contributed by atoms with Gasteiger partial charge in [0, 0.05) is 6.54 Å². The summed E-state index contributed by atoms with van der Waals surface area (Å²) in [4.78, 5) is 26.8. The second kappa shape index (κ2) is 4.47. The number of piperazine rings is 1. The first kappa shape index (κ1) is 12.7. The zero-order chi connectivity index (χ0) is 13.7. The monoisotopic (exact) mass is 276 g/mol. The molecule has 4 fully saturated rings. The van der Waals surface area contributed by atoms with Crippen LogP contribution in [0.15, 0.2) is 0 Å². The van der Waals surface area contributed by atoms with E-state index in [4.69, 9.17) is 0 Å². The van der Waals surface area contributed by atoms with Crippen LogP contribution in [0.1, 0.15) is 51.4 Å². The molecule has 20 heavy (non-hydrogen) atoms. The number of amides is 2. The lowest BCUT2D eigenvalue weighted by atomic mass is 9.85. The van der Waals surface area contributed by atoms with E-state index >= 15 is 0 Å². The van der Waals surface area contributed by atoms with Crippen molar-refractivity contribution in [3.05, 3.63) is 0 Å². The van der Waals surface area contributed by atoms with Crippen molar-refractivity contribution in [3.8, 4) is 0 Å². The summed E-state index contributed by atoms with van der Waals surface area (Å²) in [7, 11) is 0. The van der Waals surface area contributed by atoms with Gasteiger partial charge < -0.3 is 10.2 Å². The Morgan fingerprint density at radius 3 is 2.60 bits per heavy atom. The van der Waals surface area contributed by atoms with Crippen molar-refractivity contribution in [1.82, 2.24) is 10.2 Å². The van der Waals surface area contributed by atoms with Gasteiger partial charge in [0.1, 0.15) is 5.54 Å². The van der Waals surface area contributed by atoms with Crippen LogP contribution < -0.4 is 5.32 Å². The van der Waals surface area contributed by atoms with Crippen LogP contribution >= 0.6 is 0 Å². The average Bonchev–Trinajstić information content (AvgIpc) is 3.15. The molecule has 0 aromatic carbocycles. The molecular formula is C16H24N2O2. The quantitative estimate of drug-likeness (QED) is 0.834. The number of carbonyl (C=O) groups excluding carboxylic acids is 2. The van der Waals surface area contributed by atoms with Gasteiger partial charge in [-0.1, -0.05) is 19.3 Å². The Balaban J connectivity index is 1.57. The molecule has 1 aliphatic heterocycles. The van der Waals surface area contributed by atoms with Crippen LogP contribution in [0.5, 0.6) is 0 Å². The highest BCUT2D eigenvalue weighted by Crippen LogP contribution is 2.49. The molecule has 0 radical (unpaired) electrons. The molecule has 1 saturated heterocycles. The fourth-order valence-electron chi connectivity index (χ4n) is 5.35. The molecular weight excluding hydrogens is 252 g/mol. The van der Waals surface area contributed by atoms with Crippen molar-refractivity contribution >= 4 is 11.8 Å². The summed E-state index contributed by atoms with van der Waals surface area (Å²) < 4.78 is 0. The van der Waals surface area contributed by atoms with E-state index in [2.05, 4.69) is 5.32 Å². The Labute approximate surface area is 120 Å². The van der Waals surface area contributed by atoms with Gasteiger partial charge in [0.25, 0.3) is 0 Å². The molecule has 1 N–H and O–H groups in total. The summed E-state index contributed by atoms with van der Waals surface area (Å²) in [6.07, 6.45) is 9.27. The van der Waals surface area contributed by atoms with Crippen molar-refractivity contribution in [1.29, 1.82) is 0 Å². The Hall–Kier alpha value is -1.06. The van der Waals surface area contributed by atoms with Crippen molar-refractivity contribution < 1.29 is 9.59 Å². The molecule has 4 heteroatoms. The number of hydrogen-bond acceptors (Lipinski definition) is 2. The summed E-state index contributed by atoms with van der Waals surface area (Å²) in [6, 6.07) is 0. The SMILES string of the molecule is O=C1CNC(=O)C2(CCCC2)N1CC1CC2CCC1C2. The van der Waals surface area contributed by atoms with Crippen molar-refractivity contribution in [2.75, 3.05) is 13.1 Å². The first-order chi connectivity index (χ1) is 9.69. The summed E-state index contributed by atoms with van der Waals surface area (Å²) >= 11 is 0. The summed E-state index contributed by atoms with van der Waals surface area (Å²) in [5.41, 5.74) is -0.489. The fourth-order valence-corrected chi connectivity index (χ4v) is 5.35. The predicted molar refractivity (Wildman–Crippen MR) is 74.9 cm³/mol. The number of nitrogens with zero attached hydrogens (tertiary/aromatic N) is 1. The largest absolute Gasteiger partial charge is 0.345 e. The van der Waals surface area contributed by atoms with E-state index in [1.807, 2.05) is 4.90 Å². The van der Waals surface area contributed by atoms with Crippen LogP contribution in [-0.2, 0) is 9.59 Å². The molecule has 3 saturated carbocycles. The fraction of sp³-hybridized carbons (Fsp3) is 0.875. The van der Waals surface area contributed by atoms with E-state index < -0.39 is 5.54 Å². The van der Waals surface area contributed by atoms with Gasteiger partial charge in [-0.2, -0.15) is 0 Å². The number of nitrogens with one attached hydrogen (secondary N) is 1. The van der Waals surface area contributed by atoms with Crippen LogP contribution in [-0.4, -0.2) is 35.3 Å². The lowest BCUT2D eigenvalue weighted by Crippen LogP contribution is -2.66. The minimum Gasteiger partial charge on any atom is -0.345 e. The van der Waals surface area contributed by atoms with E-state index in [0.717, 1.165) is 44.1 Å². The van der Waals surface area contributed by atoms with Crippen LogP contribution in [0.25, 0.3) is 0 Å². The van der Waals surface area contributed by atoms with E-state index in [-0.39, 0.29) is 18.4 Å². The van der Waals surface area contributed by atoms with Gasteiger partial charge in [0.05, 0.1) is 6.54 Å². The molecule has 0 aromatic rings. The Bertz CT molecular complexity index is 442. The lowest BCUT2D eigenvalue weighted by Gasteiger charge is -2.45. The molecule has 4 aliphatic rings. The lowest BCUT2D eigenvalue weighted by molar-refractivity contribution is -0.154. The van der Waals surface area contributed by atoms with Crippen molar-refractivity contribution in [3.63, 3.8) is 0 Å². The van der Waals surface area contributed by atoms with E-state index in [9.17, 15) is 9.59 Å². The average molecular weight is 276 g/mol. The smallest absolute Gasteiger partial charge is 0.246 e. The van der Waals surface area contributed by atoms with Crippen molar-refractivity contribution in [2.24, 2.45) is 17.8 Å². The summed E-state index contributed by atoms with van der Waals surface area (Å²) in [5, 5.41) is 2.82. The van der Waals surface area contributed by atoms with Crippen LogP contribution in [0.2, 0.25) is 0 Å². The molecule has 1 heterocycles. The molecule has 3 aliphatic carbocycles. The zero-order valence-corrected chi connectivity index (χ0v) is 12.1. The minimum absolute atomic E-state index is 0.109. The molecule has 2 amide bonds. The van der Waals surface area contributed by atoms with Gasteiger partial charge in [-0.3, -0.25) is 9.59 Å². The Morgan fingerprint density at radius 2 is 1.95 bits per heavy atom. The molecule has 4 rings (SSSR count). The highest BCUT2D eigenvalue weighted by atomic mass is 16.2. The van der Waals surface area contributed by atoms with E-state index in [1.165, 1.54) is 25.7 Å². The normalized spacial score (nSPS) is 38.8. The molecule has 2 bridgehead atoms. The van der Waals surface area contributed by atoms with E-state index in [0.29, 0.717) is 5.92 Å². The topological polar surface area (TPSA) is 49.4 Å². The maximum atomic E-state index is 12.4. The van der Waals surface area contributed by atoms with Gasteiger partial charge in [-0.15, -0.1) is 0 Å². The molecule has 110 valence electrons. The number of carbonyl (C=O) groups is 2. The number of fused-ring (bicyclic) bond motifs is 2. The third-order valence-corrected chi connectivity index (χ3v) is 6.37. The third kappa shape index (κ3) is 1.73. The highest BCUT2D eigenvalue weighted by Gasteiger charge is 2.52. The van der Waals surface area contributed by atoms with Crippen LogP contribution in [0.3, 0.4) is 0 Å². The molecule has 3 atom stereocenters. The predicted octanol–water partition coefficient (Wildman–Crippen LogP) is 1.69. The molecule has 0 aromatic heterocycles. The van der Waals surface area contributed by atoms with Gasteiger partial charge >= 0.3 is 0 Å². The first-order valence-corrected chi connectivity index (χ1v) is 8.28. The minimum atomic E-state index is -0.489.